The molecule has 0 spiro atoms. The van der Waals surface area contributed by atoms with Crippen LogP contribution in [0.4, 0.5) is 5.82 Å². The normalized spacial score (nSPS) is 20.5. The molecule has 3 aromatic rings. The number of phenolic OH excluding ortho intramolecular Hbond substituents is 1. The number of nitrogens with two attached hydrogens (primary N) is 1. The number of benzene rings is 1. The number of phenols is 1. The van der Waals surface area contributed by atoms with E-state index in [1.807, 2.05) is 0 Å². The molecular weight excluding hydrogens is 422 g/mol. The Labute approximate surface area is 181 Å². The lowest BCUT2D eigenvalue weighted by Gasteiger charge is -2.17. The third-order valence-electron chi connectivity index (χ3n) is 5.53. The van der Waals surface area contributed by atoms with Gasteiger partial charge in [-0.3, -0.25) is 4.57 Å². The first kappa shape index (κ1) is 21.5. The van der Waals surface area contributed by atoms with Crippen LogP contribution in [0, 0.1) is 13.8 Å². The van der Waals surface area contributed by atoms with E-state index in [4.69, 9.17) is 15.2 Å². The Kier molecular flexibility index (Phi) is 5.40. The number of carboxylic acid groups (broad SMARTS) is 1. The van der Waals surface area contributed by atoms with Crippen LogP contribution in [-0.4, -0.2) is 65.6 Å². The molecule has 0 saturated carbocycles. The van der Waals surface area contributed by atoms with Gasteiger partial charge in [0.25, 0.3) is 0 Å². The van der Waals surface area contributed by atoms with Crippen LogP contribution in [0.2, 0.25) is 0 Å². The average molecular weight is 443 g/mol. The van der Waals surface area contributed by atoms with Crippen molar-refractivity contribution >= 4 is 28.9 Å². The Hall–Kier alpha value is -3.77. The zero-order valence-electron chi connectivity index (χ0n) is 17.2. The molecule has 3 atom stereocenters. The van der Waals surface area contributed by atoms with Crippen molar-refractivity contribution in [3.8, 4) is 5.75 Å². The number of rotatable bonds is 5. The van der Waals surface area contributed by atoms with Crippen LogP contribution in [0.1, 0.15) is 44.5 Å². The van der Waals surface area contributed by atoms with E-state index < -0.39 is 30.4 Å². The molecule has 1 fully saturated rings. The third kappa shape index (κ3) is 3.59. The van der Waals surface area contributed by atoms with Crippen LogP contribution in [0.3, 0.4) is 0 Å². The number of aliphatic hydroxyl groups is 1. The molecule has 0 amide bonds. The quantitative estimate of drug-likeness (QED) is 0.411. The number of ether oxygens (including phenoxy) is 2. The fourth-order valence-electron chi connectivity index (χ4n) is 3.78. The van der Waals surface area contributed by atoms with Crippen molar-refractivity contribution < 1.29 is 34.4 Å². The average Bonchev–Trinajstić information content (AvgIpc) is 3.33. The molecule has 0 radical (unpaired) electrons. The van der Waals surface area contributed by atoms with Crippen LogP contribution in [-0.2, 0) is 9.47 Å². The Bertz CT molecular complexity index is 1220. The van der Waals surface area contributed by atoms with E-state index in [0.29, 0.717) is 11.2 Å². The molecule has 168 valence electrons. The van der Waals surface area contributed by atoms with Gasteiger partial charge in [0.15, 0.2) is 11.5 Å². The van der Waals surface area contributed by atoms with E-state index in [9.17, 15) is 24.9 Å². The maximum absolute atomic E-state index is 12.6. The van der Waals surface area contributed by atoms with Crippen molar-refractivity contribution in [1.29, 1.82) is 0 Å². The molecule has 1 aromatic carbocycles. The molecule has 4 rings (SSSR count). The number of fused-ring (bicyclic) bond motifs is 1. The molecule has 3 heterocycles. The number of esters is 1. The summed E-state index contributed by atoms with van der Waals surface area (Å²) >= 11 is 0. The van der Waals surface area contributed by atoms with Crippen LogP contribution in [0.25, 0.3) is 11.2 Å². The molecule has 5 N–H and O–H groups in total. The van der Waals surface area contributed by atoms with Gasteiger partial charge in [-0.2, -0.15) is 0 Å². The third-order valence-corrected chi connectivity index (χ3v) is 5.53. The summed E-state index contributed by atoms with van der Waals surface area (Å²) in [5.41, 5.74) is 6.72. The second kappa shape index (κ2) is 8.05. The van der Waals surface area contributed by atoms with Gasteiger partial charge in [-0.25, -0.2) is 24.5 Å². The largest absolute Gasteiger partial charge is 0.508 e. The van der Waals surface area contributed by atoms with Gasteiger partial charge < -0.3 is 30.5 Å². The van der Waals surface area contributed by atoms with Crippen molar-refractivity contribution in [3.63, 3.8) is 0 Å². The van der Waals surface area contributed by atoms with E-state index in [1.165, 1.54) is 26.5 Å². The molecule has 1 aliphatic rings. The van der Waals surface area contributed by atoms with E-state index in [2.05, 4.69) is 15.0 Å². The van der Waals surface area contributed by atoms with Gasteiger partial charge in [-0.05, 0) is 25.5 Å². The maximum Gasteiger partial charge on any atom is 0.338 e. The number of aromatic carboxylic acids is 1. The van der Waals surface area contributed by atoms with E-state index >= 15 is 0 Å². The van der Waals surface area contributed by atoms with Crippen molar-refractivity contribution in [2.45, 2.75) is 38.7 Å². The summed E-state index contributed by atoms with van der Waals surface area (Å²) in [4.78, 5) is 36.3. The maximum atomic E-state index is 12.6. The van der Waals surface area contributed by atoms with Gasteiger partial charge in [-0.1, -0.05) is 0 Å². The number of aliphatic hydroxyl groups excluding tert-OH is 1. The minimum Gasteiger partial charge on any atom is -0.508 e. The summed E-state index contributed by atoms with van der Waals surface area (Å²) in [6.45, 7) is 2.62. The lowest BCUT2D eigenvalue weighted by molar-refractivity contribution is -0.0509. The van der Waals surface area contributed by atoms with Crippen molar-refractivity contribution in [2.24, 2.45) is 0 Å². The highest BCUT2D eigenvalue weighted by atomic mass is 16.6. The van der Waals surface area contributed by atoms with Crippen LogP contribution < -0.4 is 5.73 Å². The number of carboxylic acids is 1. The molecule has 0 unspecified atom stereocenters. The molecule has 0 bridgehead atoms. The number of hydrogen-bond donors (Lipinski definition) is 4. The van der Waals surface area contributed by atoms with Crippen molar-refractivity contribution in [1.82, 2.24) is 19.5 Å². The zero-order chi connectivity index (χ0) is 23.2. The van der Waals surface area contributed by atoms with E-state index in [1.54, 1.807) is 4.57 Å². The summed E-state index contributed by atoms with van der Waals surface area (Å²) in [7, 11) is 0. The van der Waals surface area contributed by atoms with Gasteiger partial charge in [-0.15, -0.1) is 0 Å². The number of aromatic nitrogens is 4. The van der Waals surface area contributed by atoms with Crippen LogP contribution in [0.5, 0.6) is 5.75 Å². The molecule has 1 aliphatic heterocycles. The molecule has 12 nitrogen and oxygen atoms in total. The molecule has 2 aromatic heterocycles. The Morgan fingerprint density at radius 1 is 1.28 bits per heavy atom. The topological polar surface area (TPSA) is 183 Å². The standard InChI is InChI=1S/C20H21N5O7/c1-8-10(3-11(26)9(2)15(8)19(28)29)20(30)31-5-13-12(27)4-14(32-13)25-7-24-16-17(21)22-6-23-18(16)25/h3,6-7,12-14,26-27H,4-5H2,1-2H3,(H,28,29)(H2,21,22,23)/t12-,13+,14+/m0/s1. The summed E-state index contributed by atoms with van der Waals surface area (Å²) in [6, 6.07) is 1.16. The van der Waals surface area contributed by atoms with E-state index in [-0.39, 0.29) is 46.8 Å². The predicted molar refractivity (Wildman–Crippen MR) is 109 cm³/mol. The number of imidazole rings is 1. The number of carbonyl (C=O) groups is 2. The highest BCUT2D eigenvalue weighted by Crippen LogP contribution is 2.32. The summed E-state index contributed by atoms with van der Waals surface area (Å²) < 4.78 is 12.7. The highest BCUT2D eigenvalue weighted by Gasteiger charge is 2.37. The summed E-state index contributed by atoms with van der Waals surface area (Å²) in [5, 5.41) is 29.8. The van der Waals surface area contributed by atoms with E-state index in [0.717, 1.165) is 6.07 Å². The summed E-state index contributed by atoms with van der Waals surface area (Å²) in [5.74, 6) is -2.21. The smallest absolute Gasteiger partial charge is 0.338 e. The Morgan fingerprint density at radius 2 is 2.03 bits per heavy atom. The van der Waals surface area contributed by atoms with Gasteiger partial charge in [0, 0.05) is 12.0 Å². The molecule has 12 heteroatoms. The fraction of sp³-hybridized carbons (Fsp3) is 0.350. The lowest BCUT2D eigenvalue weighted by Crippen LogP contribution is -2.28. The first-order valence-electron chi connectivity index (χ1n) is 9.69. The number of anilines is 1. The van der Waals surface area contributed by atoms with Crippen LogP contribution in [0.15, 0.2) is 18.7 Å². The monoisotopic (exact) mass is 443 g/mol. The Balaban J connectivity index is 1.48. The fourth-order valence-corrected chi connectivity index (χ4v) is 3.78. The number of aromatic hydroxyl groups is 1. The molecule has 1 saturated heterocycles. The molecule has 32 heavy (non-hydrogen) atoms. The molecular formula is C20H21N5O7. The SMILES string of the molecule is Cc1c(O)cc(C(=O)OC[C@H]2O[C@@H](n3cnc4c(N)ncnc43)C[C@@H]2O)c(C)c1C(=O)O. The number of hydrogen-bond acceptors (Lipinski definition) is 10. The van der Waals surface area contributed by atoms with Crippen LogP contribution >= 0.6 is 0 Å². The molecule has 0 aliphatic carbocycles. The van der Waals surface area contributed by atoms with Crippen molar-refractivity contribution in [3.05, 3.63) is 41.0 Å². The second-order valence-electron chi connectivity index (χ2n) is 7.49. The number of nitrogens with zero attached hydrogens (tertiary/aromatic N) is 4. The zero-order valence-corrected chi connectivity index (χ0v) is 17.2. The second-order valence-corrected chi connectivity index (χ2v) is 7.49. The first-order valence-corrected chi connectivity index (χ1v) is 9.69. The summed E-state index contributed by atoms with van der Waals surface area (Å²) in [6.07, 6.45) is 0.589. The first-order chi connectivity index (χ1) is 15.2. The number of carbonyl (C=O) groups excluding carboxylic acids is 1. The van der Waals surface area contributed by atoms with Gasteiger partial charge in [0.1, 0.15) is 36.5 Å². The highest BCUT2D eigenvalue weighted by molar-refractivity contribution is 5.99. The van der Waals surface area contributed by atoms with Gasteiger partial charge in [0.05, 0.1) is 23.6 Å². The number of nitrogen functional groups attached to an aromatic ring is 1. The predicted octanol–water partition coefficient (Wildman–Crippen LogP) is 0.935. The minimum atomic E-state index is -1.26. The van der Waals surface area contributed by atoms with Crippen molar-refractivity contribution in [2.75, 3.05) is 12.3 Å². The Morgan fingerprint density at radius 3 is 2.75 bits per heavy atom. The van der Waals surface area contributed by atoms with Gasteiger partial charge in [0.2, 0.25) is 0 Å². The minimum absolute atomic E-state index is 0.0812. The lowest BCUT2D eigenvalue weighted by atomic mass is 9.96. The van der Waals surface area contributed by atoms with Gasteiger partial charge >= 0.3 is 11.9 Å².